The van der Waals surface area contributed by atoms with Gasteiger partial charge in [0, 0.05) is 19.7 Å². The maximum atomic E-state index is 12.4. The molecule has 0 spiro atoms. The predicted octanol–water partition coefficient (Wildman–Crippen LogP) is 1.89. The Bertz CT molecular complexity index is 528. The number of benzene rings is 1. The Morgan fingerprint density at radius 2 is 2.15 bits per heavy atom. The highest BCUT2D eigenvalue weighted by atomic mass is 35.5. The van der Waals surface area contributed by atoms with Crippen LogP contribution in [-0.4, -0.2) is 28.2 Å². The molecule has 1 atom stereocenters. The van der Waals surface area contributed by atoms with Gasteiger partial charge in [-0.1, -0.05) is 31.0 Å². The lowest BCUT2D eigenvalue weighted by atomic mass is 10.2. The average Bonchev–Trinajstić information content (AvgIpc) is 2.39. The van der Waals surface area contributed by atoms with Crippen molar-refractivity contribution in [2.24, 2.45) is 5.73 Å². The summed E-state index contributed by atoms with van der Waals surface area (Å²) in [5.74, 6) is 0. The highest BCUT2D eigenvalue weighted by Crippen LogP contribution is 2.23. The number of halogens is 1. The van der Waals surface area contributed by atoms with Crippen molar-refractivity contribution in [2.75, 3.05) is 13.7 Å². The van der Waals surface area contributed by atoms with E-state index in [2.05, 4.69) is 4.72 Å². The number of sulfonamides is 1. The van der Waals surface area contributed by atoms with Crippen LogP contribution in [0.5, 0.6) is 0 Å². The summed E-state index contributed by atoms with van der Waals surface area (Å²) in [5.41, 5.74) is 6.25. The van der Waals surface area contributed by atoms with Crippen LogP contribution in [0.4, 0.5) is 0 Å². The lowest BCUT2D eigenvalue weighted by Crippen LogP contribution is -2.38. The molecule has 1 rings (SSSR count). The summed E-state index contributed by atoms with van der Waals surface area (Å²) in [7, 11) is -2.14. The van der Waals surface area contributed by atoms with Crippen LogP contribution >= 0.6 is 11.6 Å². The molecule has 0 saturated carbocycles. The number of hydrogen-bond acceptors (Lipinski definition) is 4. The van der Waals surface area contributed by atoms with Gasteiger partial charge in [0.2, 0.25) is 10.0 Å². The molecule has 0 amide bonds. The summed E-state index contributed by atoms with van der Waals surface area (Å²) in [6.07, 6.45) is 1.55. The summed E-state index contributed by atoms with van der Waals surface area (Å²) >= 11 is 5.98. The lowest BCUT2D eigenvalue weighted by molar-refractivity contribution is 0.171. The molecule has 5 nitrogen and oxygen atoms in total. The summed E-state index contributed by atoms with van der Waals surface area (Å²) in [5, 5.41) is 0.183. The number of methoxy groups -OCH3 is 1. The van der Waals surface area contributed by atoms with Crippen molar-refractivity contribution in [3.05, 3.63) is 28.8 Å². The molecule has 1 unspecified atom stereocenters. The van der Waals surface area contributed by atoms with Gasteiger partial charge >= 0.3 is 0 Å². The van der Waals surface area contributed by atoms with Crippen molar-refractivity contribution < 1.29 is 13.2 Å². The van der Waals surface area contributed by atoms with Gasteiger partial charge in [-0.3, -0.25) is 0 Å². The van der Waals surface area contributed by atoms with Crippen molar-refractivity contribution in [3.8, 4) is 0 Å². The molecule has 0 aromatic heterocycles. The molecule has 0 aliphatic heterocycles. The molecule has 0 heterocycles. The third-order valence-electron chi connectivity index (χ3n) is 2.85. The third kappa shape index (κ3) is 4.71. The highest BCUT2D eigenvalue weighted by molar-refractivity contribution is 7.89. The molecule has 0 aliphatic carbocycles. The standard InChI is InChI=1S/C13H21ClN2O3S/c1-3-4-11(9-19-2)16-20(17,18)13-7-10(8-15)5-6-12(13)14/h5-7,11,16H,3-4,8-9,15H2,1-2H3. The van der Waals surface area contributed by atoms with Crippen molar-refractivity contribution in [1.82, 2.24) is 4.72 Å². The summed E-state index contributed by atoms with van der Waals surface area (Å²) in [6.45, 7) is 2.57. The molecule has 114 valence electrons. The van der Waals surface area contributed by atoms with E-state index in [1.165, 1.54) is 6.07 Å². The van der Waals surface area contributed by atoms with Crippen LogP contribution in [0.3, 0.4) is 0 Å². The van der Waals surface area contributed by atoms with Crippen molar-refractivity contribution in [2.45, 2.75) is 37.2 Å². The van der Waals surface area contributed by atoms with Crippen LogP contribution in [0.1, 0.15) is 25.3 Å². The molecule has 7 heteroatoms. The van der Waals surface area contributed by atoms with E-state index in [0.717, 1.165) is 6.42 Å². The first-order valence-electron chi connectivity index (χ1n) is 6.44. The monoisotopic (exact) mass is 320 g/mol. The van der Waals surface area contributed by atoms with E-state index in [0.29, 0.717) is 18.6 Å². The van der Waals surface area contributed by atoms with E-state index in [1.54, 1.807) is 19.2 Å². The quantitative estimate of drug-likeness (QED) is 0.766. The molecule has 0 fully saturated rings. The van der Waals surface area contributed by atoms with Gasteiger partial charge in [0.1, 0.15) is 4.90 Å². The van der Waals surface area contributed by atoms with Gasteiger partial charge in [0.05, 0.1) is 11.6 Å². The third-order valence-corrected chi connectivity index (χ3v) is 4.85. The Hall–Kier alpha value is -0.660. The number of hydrogen-bond donors (Lipinski definition) is 2. The molecule has 1 aromatic carbocycles. The van der Waals surface area contributed by atoms with Gasteiger partial charge in [-0.25, -0.2) is 13.1 Å². The van der Waals surface area contributed by atoms with E-state index in [4.69, 9.17) is 22.1 Å². The number of nitrogens with one attached hydrogen (secondary N) is 1. The Morgan fingerprint density at radius 1 is 1.45 bits per heavy atom. The largest absolute Gasteiger partial charge is 0.383 e. The van der Waals surface area contributed by atoms with Crippen molar-refractivity contribution >= 4 is 21.6 Å². The van der Waals surface area contributed by atoms with Crippen molar-refractivity contribution in [1.29, 1.82) is 0 Å². The normalized spacial score (nSPS) is 13.4. The molecule has 0 saturated heterocycles. The SMILES string of the molecule is CCCC(COC)NS(=O)(=O)c1cc(CN)ccc1Cl. The van der Waals surface area contributed by atoms with Gasteiger partial charge in [-0.2, -0.15) is 0 Å². The summed E-state index contributed by atoms with van der Waals surface area (Å²) in [4.78, 5) is 0.0549. The maximum absolute atomic E-state index is 12.4. The first-order valence-corrected chi connectivity index (χ1v) is 8.30. The molecule has 20 heavy (non-hydrogen) atoms. The number of ether oxygens (including phenoxy) is 1. The van der Waals surface area contributed by atoms with Crippen LogP contribution in [0, 0.1) is 0 Å². The minimum Gasteiger partial charge on any atom is -0.383 e. The first kappa shape index (κ1) is 17.4. The van der Waals surface area contributed by atoms with Crippen LogP contribution in [0.15, 0.2) is 23.1 Å². The number of nitrogens with two attached hydrogens (primary N) is 1. The van der Waals surface area contributed by atoms with Crippen LogP contribution in [0.2, 0.25) is 5.02 Å². The van der Waals surface area contributed by atoms with Gasteiger partial charge in [0.15, 0.2) is 0 Å². The molecule has 0 bridgehead atoms. The first-order chi connectivity index (χ1) is 9.44. The smallest absolute Gasteiger partial charge is 0.242 e. The molecule has 1 aromatic rings. The van der Waals surface area contributed by atoms with Crippen molar-refractivity contribution in [3.63, 3.8) is 0 Å². The van der Waals surface area contributed by atoms with Crippen LogP contribution in [-0.2, 0) is 21.3 Å². The topological polar surface area (TPSA) is 81.4 Å². The second-order valence-electron chi connectivity index (χ2n) is 4.53. The maximum Gasteiger partial charge on any atom is 0.242 e. The zero-order chi connectivity index (χ0) is 15.2. The Balaban J connectivity index is 3.03. The molecule has 3 N–H and O–H groups in total. The Labute approximate surface area is 125 Å². The zero-order valence-electron chi connectivity index (χ0n) is 11.7. The van der Waals surface area contributed by atoms with E-state index < -0.39 is 10.0 Å². The Kier molecular flexibility index (Phi) is 6.91. The van der Waals surface area contributed by atoms with Gasteiger partial charge < -0.3 is 10.5 Å². The average molecular weight is 321 g/mol. The van der Waals surface area contributed by atoms with Crippen LogP contribution < -0.4 is 10.5 Å². The van der Waals surface area contributed by atoms with E-state index in [-0.39, 0.29) is 22.5 Å². The van der Waals surface area contributed by atoms with Gasteiger partial charge in [-0.15, -0.1) is 0 Å². The van der Waals surface area contributed by atoms with Crippen LogP contribution in [0.25, 0.3) is 0 Å². The molecular weight excluding hydrogens is 300 g/mol. The lowest BCUT2D eigenvalue weighted by Gasteiger charge is -2.18. The second kappa shape index (κ2) is 7.95. The number of rotatable bonds is 8. The fourth-order valence-electron chi connectivity index (χ4n) is 1.89. The molecular formula is C13H21ClN2O3S. The second-order valence-corrected chi connectivity index (χ2v) is 6.62. The summed E-state index contributed by atoms with van der Waals surface area (Å²) < 4.78 is 32.4. The highest BCUT2D eigenvalue weighted by Gasteiger charge is 2.22. The minimum absolute atomic E-state index is 0.0549. The molecule has 0 aliphatic rings. The van der Waals surface area contributed by atoms with E-state index in [1.807, 2.05) is 6.92 Å². The fraction of sp³-hybridized carbons (Fsp3) is 0.538. The summed E-state index contributed by atoms with van der Waals surface area (Å²) in [6, 6.07) is 4.48. The molecule has 0 radical (unpaired) electrons. The van der Waals surface area contributed by atoms with Gasteiger partial charge in [0.25, 0.3) is 0 Å². The fourth-order valence-corrected chi connectivity index (χ4v) is 3.69. The predicted molar refractivity (Wildman–Crippen MR) is 80.2 cm³/mol. The van der Waals surface area contributed by atoms with E-state index >= 15 is 0 Å². The van der Waals surface area contributed by atoms with Gasteiger partial charge in [-0.05, 0) is 24.1 Å². The van der Waals surface area contributed by atoms with E-state index in [9.17, 15) is 8.42 Å². The zero-order valence-corrected chi connectivity index (χ0v) is 13.3. The minimum atomic E-state index is -3.68. The Morgan fingerprint density at radius 3 is 2.70 bits per heavy atom.